The van der Waals surface area contributed by atoms with Crippen LogP contribution in [0, 0.1) is 0 Å². The molecule has 1 unspecified atom stereocenters. The molecule has 3 fully saturated rings. The number of methoxy groups -OCH3 is 1. The van der Waals surface area contributed by atoms with E-state index in [9.17, 15) is 14.0 Å². The normalized spacial score (nSPS) is 22.7. The van der Waals surface area contributed by atoms with E-state index in [1.807, 2.05) is 29.2 Å². The summed E-state index contributed by atoms with van der Waals surface area (Å²) in [6, 6.07) is 15.5. The van der Waals surface area contributed by atoms with E-state index in [1.54, 1.807) is 23.9 Å². The van der Waals surface area contributed by atoms with Gasteiger partial charge in [-0.25, -0.2) is 9.07 Å². The Kier molecular flexibility index (Phi) is 5.39. The predicted molar refractivity (Wildman–Crippen MR) is 145 cm³/mol. The molecule has 2 aromatic carbocycles. The molecule has 3 heterocycles. The average Bonchev–Trinajstić information content (AvgIpc) is 3.82. The third-order valence-electron chi connectivity index (χ3n) is 9.11. The Morgan fingerprint density at radius 3 is 2.33 bits per heavy atom. The van der Waals surface area contributed by atoms with E-state index < -0.39 is 12.1 Å². The second kappa shape index (κ2) is 8.64. The molecule has 3 aromatic rings. The number of anilines is 1. The summed E-state index contributed by atoms with van der Waals surface area (Å²) in [5.74, 6) is -0.134. The van der Waals surface area contributed by atoms with Gasteiger partial charge in [0.2, 0.25) is 0 Å². The maximum Gasteiger partial charge on any atom is 0.277 e. The van der Waals surface area contributed by atoms with Crippen LogP contribution >= 0.6 is 0 Å². The second-order valence-corrected chi connectivity index (χ2v) is 11.7. The zero-order chi connectivity index (χ0) is 26.9. The number of nitrogens with two attached hydrogens (primary N) is 1. The highest BCUT2D eigenvalue weighted by molar-refractivity contribution is 6.10. The average molecular weight is 530 g/mol. The highest BCUT2D eigenvalue weighted by Crippen LogP contribution is 2.55. The van der Waals surface area contributed by atoms with Gasteiger partial charge in [0.25, 0.3) is 11.8 Å². The highest BCUT2D eigenvalue weighted by Gasteiger charge is 2.56. The number of amides is 2. The summed E-state index contributed by atoms with van der Waals surface area (Å²) >= 11 is 0. The van der Waals surface area contributed by atoms with Crippen molar-refractivity contribution in [3.05, 3.63) is 71.0 Å². The van der Waals surface area contributed by atoms with Gasteiger partial charge in [-0.2, -0.15) is 5.10 Å². The molecule has 202 valence electrons. The van der Waals surface area contributed by atoms with E-state index in [2.05, 4.69) is 22.1 Å². The van der Waals surface area contributed by atoms with Crippen molar-refractivity contribution in [2.45, 2.75) is 49.1 Å². The van der Waals surface area contributed by atoms with E-state index >= 15 is 0 Å². The molecule has 9 heteroatoms. The van der Waals surface area contributed by atoms with Gasteiger partial charge in [0.05, 0.1) is 12.8 Å². The first-order chi connectivity index (χ1) is 18.8. The first kappa shape index (κ1) is 24.3. The van der Waals surface area contributed by atoms with E-state index in [0.717, 1.165) is 44.5 Å². The number of nitrogens with zero attached hydrogens (tertiary/aromatic N) is 4. The first-order valence-electron chi connectivity index (χ1n) is 13.7. The van der Waals surface area contributed by atoms with Gasteiger partial charge in [0, 0.05) is 48.3 Å². The number of primary amides is 1. The molecule has 2 amide bonds. The lowest BCUT2D eigenvalue weighted by Gasteiger charge is -2.34. The summed E-state index contributed by atoms with van der Waals surface area (Å²) in [6.07, 6.45) is 3.85. The van der Waals surface area contributed by atoms with Crippen LogP contribution in [-0.4, -0.2) is 66.0 Å². The van der Waals surface area contributed by atoms with Crippen molar-refractivity contribution >= 4 is 17.5 Å². The lowest BCUT2D eigenvalue weighted by Crippen LogP contribution is -2.44. The Morgan fingerprint density at radius 2 is 1.77 bits per heavy atom. The van der Waals surface area contributed by atoms with Gasteiger partial charge in [0.15, 0.2) is 5.69 Å². The Labute approximate surface area is 226 Å². The summed E-state index contributed by atoms with van der Waals surface area (Å²) in [5.41, 5.74) is 9.51. The van der Waals surface area contributed by atoms with Gasteiger partial charge in [-0.05, 0) is 74.1 Å². The van der Waals surface area contributed by atoms with Crippen LogP contribution in [0.3, 0.4) is 0 Å². The molecule has 2 N–H and O–H groups in total. The lowest BCUT2D eigenvalue weighted by molar-refractivity contribution is 0.0966. The van der Waals surface area contributed by atoms with E-state index in [1.165, 1.54) is 5.56 Å². The van der Waals surface area contributed by atoms with Gasteiger partial charge in [0.1, 0.15) is 17.6 Å². The Bertz CT molecular complexity index is 1460. The van der Waals surface area contributed by atoms with Gasteiger partial charge >= 0.3 is 0 Å². The SMILES string of the molecule is COc1ccc(-n2nc(C(N)=O)c3c2C(=O)N(c2ccc(C4(CN5CCC(F)C5)CC4)cc2)CC32CC2)cc1. The van der Waals surface area contributed by atoms with E-state index in [4.69, 9.17) is 10.5 Å². The highest BCUT2D eigenvalue weighted by atomic mass is 19.1. The fourth-order valence-electron chi connectivity index (χ4n) is 6.59. The van der Waals surface area contributed by atoms with Crippen LogP contribution in [0.5, 0.6) is 5.75 Å². The predicted octanol–water partition coefficient (Wildman–Crippen LogP) is 3.75. The van der Waals surface area contributed by atoms with Crippen LogP contribution in [-0.2, 0) is 10.8 Å². The lowest BCUT2D eigenvalue weighted by atomic mass is 9.87. The largest absolute Gasteiger partial charge is 0.497 e. The molecule has 39 heavy (non-hydrogen) atoms. The molecular formula is C30H32FN5O3. The molecule has 1 atom stereocenters. The Balaban J connectivity index is 1.23. The van der Waals surface area contributed by atoms with Gasteiger partial charge < -0.3 is 15.4 Å². The zero-order valence-electron chi connectivity index (χ0n) is 22.0. The van der Waals surface area contributed by atoms with Crippen LogP contribution in [0.4, 0.5) is 10.1 Å². The number of carbonyl (C=O) groups is 2. The van der Waals surface area contributed by atoms with Gasteiger partial charge in [-0.15, -0.1) is 0 Å². The zero-order valence-corrected chi connectivity index (χ0v) is 22.0. The molecule has 1 saturated heterocycles. The number of alkyl halides is 1. The molecule has 1 aromatic heterocycles. The van der Waals surface area contributed by atoms with Crippen molar-refractivity contribution in [2.24, 2.45) is 5.73 Å². The van der Waals surface area contributed by atoms with E-state index in [0.29, 0.717) is 42.2 Å². The fourth-order valence-corrected chi connectivity index (χ4v) is 6.59. The van der Waals surface area contributed by atoms with Crippen molar-refractivity contribution in [3.63, 3.8) is 0 Å². The van der Waals surface area contributed by atoms with Crippen LogP contribution in [0.25, 0.3) is 5.69 Å². The molecule has 4 aliphatic rings. The van der Waals surface area contributed by atoms with Crippen LogP contribution in [0.15, 0.2) is 48.5 Å². The molecule has 2 saturated carbocycles. The number of halogens is 1. The maximum atomic E-state index is 14.1. The number of fused-ring (bicyclic) bond motifs is 2. The van der Waals surface area contributed by atoms with Crippen molar-refractivity contribution in [3.8, 4) is 11.4 Å². The summed E-state index contributed by atoms with van der Waals surface area (Å²) in [4.78, 5) is 30.6. The summed E-state index contributed by atoms with van der Waals surface area (Å²) in [5, 5.41) is 4.56. The van der Waals surface area contributed by atoms with E-state index in [-0.39, 0.29) is 22.4 Å². The Hall–Kier alpha value is -3.72. The van der Waals surface area contributed by atoms with Crippen LogP contribution in [0.1, 0.15) is 64.2 Å². The molecule has 8 nitrogen and oxygen atoms in total. The van der Waals surface area contributed by atoms with Crippen molar-refractivity contribution in [1.29, 1.82) is 0 Å². The Morgan fingerprint density at radius 1 is 1.08 bits per heavy atom. The van der Waals surface area contributed by atoms with Crippen LogP contribution in [0.2, 0.25) is 0 Å². The van der Waals surface area contributed by atoms with Crippen molar-refractivity contribution in [1.82, 2.24) is 14.7 Å². The fraction of sp³-hybridized carbons (Fsp3) is 0.433. The quantitative estimate of drug-likeness (QED) is 0.503. The monoisotopic (exact) mass is 529 g/mol. The standard InChI is InChI=1S/C30H32FN5O3/c1-39-23-8-6-22(7-9-23)36-26-24(25(33-36)27(32)37)30(13-14-30)18-35(28(26)38)21-4-2-19(3-5-21)29(11-12-29)17-34-15-10-20(31)16-34/h2-9,20H,10-18H2,1H3,(H2,32,37). The smallest absolute Gasteiger partial charge is 0.277 e. The number of ether oxygens (including phenoxy) is 1. The third kappa shape index (κ3) is 3.93. The number of hydrogen-bond acceptors (Lipinski definition) is 5. The van der Waals surface area contributed by atoms with Crippen molar-refractivity contribution in [2.75, 3.05) is 38.2 Å². The van der Waals surface area contributed by atoms with Gasteiger partial charge in [-0.3, -0.25) is 14.5 Å². The summed E-state index contributed by atoms with van der Waals surface area (Å²) < 4.78 is 20.6. The first-order valence-corrected chi connectivity index (χ1v) is 13.7. The molecule has 2 aliphatic heterocycles. The maximum absolute atomic E-state index is 14.1. The topological polar surface area (TPSA) is 93.7 Å². The van der Waals surface area contributed by atoms with Crippen LogP contribution < -0.4 is 15.4 Å². The minimum absolute atomic E-state index is 0.0861. The minimum Gasteiger partial charge on any atom is -0.497 e. The molecule has 0 bridgehead atoms. The number of benzene rings is 2. The number of likely N-dealkylation sites (tertiary alicyclic amines) is 1. The third-order valence-corrected chi connectivity index (χ3v) is 9.11. The minimum atomic E-state index is -0.714. The molecule has 2 aliphatic carbocycles. The number of aromatic nitrogens is 2. The number of carbonyl (C=O) groups excluding carboxylic acids is 2. The van der Waals surface area contributed by atoms with Gasteiger partial charge in [-0.1, -0.05) is 12.1 Å². The number of hydrogen-bond donors (Lipinski definition) is 1. The molecule has 0 radical (unpaired) electrons. The molecular weight excluding hydrogens is 497 g/mol. The molecule has 7 rings (SSSR count). The second-order valence-electron chi connectivity index (χ2n) is 11.7. The summed E-state index contributed by atoms with van der Waals surface area (Å²) in [7, 11) is 1.59. The summed E-state index contributed by atoms with van der Waals surface area (Å²) in [6.45, 7) is 2.73. The molecule has 1 spiro atoms. The number of rotatable bonds is 7. The van der Waals surface area contributed by atoms with Crippen molar-refractivity contribution < 1.29 is 18.7 Å².